The van der Waals surface area contributed by atoms with Crippen molar-refractivity contribution in [3.8, 4) is 0 Å². The lowest BCUT2D eigenvalue weighted by Crippen LogP contribution is -2.61. The summed E-state index contributed by atoms with van der Waals surface area (Å²) in [4.78, 5) is 69.9. The SMILES string of the molecule is CC(C)C(NC(=O)C(N)CC(=O)O)C(=O)NC(C(=O)NC(CC(N)=O)C(=O)O)C(C)O. The molecule has 5 atom stereocenters. The van der Waals surface area contributed by atoms with Crippen molar-refractivity contribution in [1.82, 2.24) is 16.0 Å². The molecule has 0 aromatic rings. The molecule has 0 heterocycles. The number of hydrogen-bond donors (Lipinski definition) is 8. The first kappa shape index (κ1) is 27.7. The molecule has 0 spiro atoms. The number of primary amides is 1. The van der Waals surface area contributed by atoms with Gasteiger partial charge in [0.2, 0.25) is 23.6 Å². The molecule has 0 aromatic heterocycles. The Bertz CT molecular complexity index is 710. The summed E-state index contributed by atoms with van der Waals surface area (Å²) in [6, 6.07) is -5.99. The molecule has 0 bridgehead atoms. The van der Waals surface area contributed by atoms with Crippen LogP contribution in [-0.4, -0.2) is 81.2 Å². The normalized spacial score (nSPS) is 15.7. The standard InChI is InChI=1S/C17H29N5O9/c1-6(2)12(21-14(27)8(18)4-11(25)26)15(28)22-13(7(3)23)16(29)20-9(17(30)31)5-10(19)24/h6-9,12-13,23H,4-5,18H2,1-3H3,(H2,19,24)(H,20,29)(H,21,27)(H,22,28)(H,25,26)(H,30,31). The third kappa shape index (κ3) is 9.86. The molecular weight excluding hydrogens is 418 g/mol. The fourth-order valence-electron chi connectivity index (χ4n) is 2.39. The number of aliphatic hydroxyl groups is 1. The molecule has 0 rings (SSSR count). The van der Waals surface area contributed by atoms with E-state index in [0.29, 0.717) is 0 Å². The number of amides is 4. The van der Waals surface area contributed by atoms with E-state index in [1.807, 2.05) is 5.32 Å². The van der Waals surface area contributed by atoms with E-state index in [0.717, 1.165) is 6.92 Å². The molecule has 0 saturated carbocycles. The van der Waals surface area contributed by atoms with E-state index in [2.05, 4.69) is 10.6 Å². The van der Waals surface area contributed by atoms with Gasteiger partial charge in [0.05, 0.1) is 25.0 Å². The Morgan fingerprint density at radius 3 is 1.68 bits per heavy atom. The van der Waals surface area contributed by atoms with E-state index in [1.165, 1.54) is 0 Å². The summed E-state index contributed by atoms with van der Waals surface area (Å²) >= 11 is 0. The zero-order chi connectivity index (χ0) is 24.5. The van der Waals surface area contributed by atoms with E-state index in [1.54, 1.807) is 13.8 Å². The van der Waals surface area contributed by atoms with Gasteiger partial charge in [-0.05, 0) is 12.8 Å². The van der Waals surface area contributed by atoms with Gasteiger partial charge in [0, 0.05) is 0 Å². The summed E-state index contributed by atoms with van der Waals surface area (Å²) < 4.78 is 0. The van der Waals surface area contributed by atoms with Crippen molar-refractivity contribution in [2.24, 2.45) is 17.4 Å². The lowest BCUT2D eigenvalue weighted by Gasteiger charge is -2.27. The second-order valence-corrected chi connectivity index (χ2v) is 7.23. The molecule has 10 N–H and O–H groups in total. The number of hydrogen-bond acceptors (Lipinski definition) is 8. The summed E-state index contributed by atoms with van der Waals surface area (Å²) in [7, 11) is 0. The fraction of sp³-hybridized carbons (Fsp3) is 0.647. The van der Waals surface area contributed by atoms with Crippen molar-refractivity contribution < 1.29 is 44.1 Å². The first-order chi connectivity index (χ1) is 14.2. The van der Waals surface area contributed by atoms with Crippen LogP contribution in [0.4, 0.5) is 0 Å². The minimum atomic E-state index is -1.68. The van der Waals surface area contributed by atoms with Crippen LogP contribution in [0.25, 0.3) is 0 Å². The average Bonchev–Trinajstić information content (AvgIpc) is 2.61. The van der Waals surface area contributed by atoms with Gasteiger partial charge in [-0.25, -0.2) is 4.79 Å². The third-order valence-electron chi connectivity index (χ3n) is 4.06. The van der Waals surface area contributed by atoms with Crippen molar-refractivity contribution in [3.05, 3.63) is 0 Å². The van der Waals surface area contributed by atoms with Gasteiger partial charge in [0.25, 0.3) is 0 Å². The van der Waals surface area contributed by atoms with E-state index >= 15 is 0 Å². The van der Waals surface area contributed by atoms with Gasteiger partial charge in [0.1, 0.15) is 18.1 Å². The van der Waals surface area contributed by atoms with Gasteiger partial charge in [0.15, 0.2) is 0 Å². The van der Waals surface area contributed by atoms with Gasteiger partial charge in [-0.3, -0.25) is 24.0 Å². The van der Waals surface area contributed by atoms with Crippen LogP contribution in [0.15, 0.2) is 0 Å². The van der Waals surface area contributed by atoms with Crippen molar-refractivity contribution in [1.29, 1.82) is 0 Å². The molecule has 176 valence electrons. The number of carboxylic acids is 2. The second kappa shape index (κ2) is 12.4. The first-order valence-electron chi connectivity index (χ1n) is 9.25. The minimum absolute atomic E-state index is 0.527. The summed E-state index contributed by atoms with van der Waals surface area (Å²) in [5, 5.41) is 34.1. The number of aliphatic hydroxyl groups excluding tert-OH is 1. The second-order valence-electron chi connectivity index (χ2n) is 7.23. The van der Waals surface area contributed by atoms with Crippen LogP contribution in [0.5, 0.6) is 0 Å². The van der Waals surface area contributed by atoms with Crippen LogP contribution < -0.4 is 27.4 Å². The zero-order valence-electron chi connectivity index (χ0n) is 17.3. The molecule has 0 aliphatic carbocycles. The maximum atomic E-state index is 12.6. The Morgan fingerprint density at radius 2 is 1.29 bits per heavy atom. The van der Waals surface area contributed by atoms with Crippen LogP contribution >= 0.6 is 0 Å². The van der Waals surface area contributed by atoms with Gasteiger partial charge < -0.3 is 42.7 Å². The van der Waals surface area contributed by atoms with Crippen LogP contribution in [0.1, 0.15) is 33.6 Å². The highest BCUT2D eigenvalue weighted by molar-refractivity contribution is 5.95. The van der Waals surface area contributed by atoms with Crippen molar-refractivity contribution in [3.63, 3.8) is 0 Å². The molecule has 0 aliphatic heterocycles. The lowest BCUT2D eigenvalue weighted by atomic mass is 10.0. The summed E-state index contributed by atoms with van der Waals surface area (Å²) in [5.74, 6) is -7.32. The summed E-state index contributed by atoms with van der Waals surface area (Å²) in [6.07, 6.45) is -2.87. The van der Waals surface area contributed by atoms with Crippen molar-refractivity contribution in [2.45, 2.75) is 63.9 Å². The van der Waals surface area contributed by atoms with E-state index in [9.17, 15) is 33.9 Å². The molecular formula is C17H29N5O9. The number of aliphatic carboxylic acids is 2. The Kier molecular flexibility index (Phi) is 11.1. The number of carbonyl (C=O) groups is 6. The highest BCUT2D eigenvalue weighted by Gasteiger charge is 2.34. The Morgan fingerprint density at radius 1 is 0.806 bits per heavy atom. The molecule has 0 saturated heterocycles. The number of carbonyl (C=O) groups excluding carboxylic acids is 4. The largest absolute Gasteiger partial charge is 0.481 e. The zero-order valence-corrected chi connectivity index (χ0v) is 17.3. The molecule has 5 unspecified atom stereocenters. The topological polar surface area (TPSA) is 251 Å². The molecule has 31 heavy (non-hydrogen) atoms. The molecule has 0 aromatic carbocycles. The fourth-order valence-corrected chi connectivity index (χ4v) is 2.39. The number of rotatable bonds is 13. The smallest absolute Gasteiger partial charge is 0.326 e. The number of carboxylic acid groups (broad SMARTS) is 2. The molecule has 0 aliphatic rings. The first-order valence-corrected chi connectivity index (χ1v) is 9.25. The number of nitrogens with one attached hydrogen (secondary N) is 3. The molecule has 0 radical (unpaired) electrons. The third-order valence-corrected chi connectivity index (χ3v) is 4.06. The van der Waals surface area contributed by atoms with Crippen molar-refractivity contribution >= 4 is 35.6 Å². The Balaban J connectivity index is 5.38. The predicted molar refractivity (Wildman–Crippen MR) is 104 cm³/mol. The molecule has 14 heteroatoms. The van der Waals surface area contributed by atoms with E-state index in [4.69, 9.17) is 21.7 Å². The summed E-state index contributed by atoms with van der Waals surface area (Å²) in [6.45, 7) is 4.26. The molecule has 14 nitrogen and oxygen atoms in total. The van der Waals surface area contributed by atoms with Crippen LogP contribution in [0.2, 0.25) is 0 Å². The predicted octanol–water partition coefficient (Wildman–Crippen LogP) is -3.76. The lowest BCUT2D eigenvalue weighted by molar-refractivity contribution is -0.144. The minimum Gasteiger partial charge on any atom is -0.481 e. The summed E-state index contributed by atoms with van der Waals surface area (Å²) in [5.41, 5.74) is 10.4. The monoisotopic (exact) mass is 447 g/mol. The Hall–Kier alpha value is -3.26. The molecule has 0 fully saturated rings. The number of nitrogens with two attached hydrogens (primary N) is 2. The quantitative estimate of drug-likeness (QED) is 0.137. The highest BCUT2D eigenvalue weighted by Crippen LogP contribution is 2.06. The van der Waals surface area contributed by atoms with Gasteiger partial charge in [-0.1, -0.05) is 13.8 Å². The van der Waals surface area contributed by atoms with Gasteiger partial charge in [-0.15, -0.1) is 0 Å². The van der Waals surface area contributed by atoms with E-state index < -0.39 is 84.6 Å². The van der Waals surface area contributed by atoms with Crippen LogP contribution in [0.3, 0.4) is 0 Å². The van der Waals surface area contributed by atoms with Gasteiger partial charge in [-0.2, -0.15) is 0 Å². The average molecular weight is 447 g/mol. The van der Waals surface area contributed by atoms with Crippen LogP contribution in [0, 0.1) is 5.92 Å². The Labute approximate surface area is 177 Å². The van der Waals surface area contributed by atoms with E-state index in [-0.39, 0.29) is 0 Å². The van der Waals surface area contributed by atoms with Gasteiger partial charge >= 0.3 is 11.9 Å². The highest BCUT2D eigenvalue weighted by atomic mass is 16.4. The molecule has 4 amide bonds. The van der Waals surface area contributed by atoms with Crippen molar-refractivity contribution in [2.75, 3.05) is 0 Å². The van der Waals surface area contributed by atoms with Crippen LogP contribution in [-0.2, 0) is 28.8 Å². The maximum absolute atomic E-state index is 12.6. The maximum Gasteiger partial charge on any atom is 0.326 e.